The molecule has 66 valence electrons. The van der Waals surface area contributed by atoms with Gasteiger partial charge in [0.25, 0.3) is 0 Å². The molecule has 2 heteroatoms. The van der Waals surface area contributed by atoms with Gasteiger partial charge in [-0.2, -0.15) is 0 Å². The van der Waals surface area contributed by atoms with Crippen LogP contribution in [-0.2, 0) is 6.42 Å². The summed E-state index contributed by atoms with van der Waals surface area (Å²) in [5.41, 5.74) is 2.55. The van der Waals surface area contributed by atoms with Crippen molar-refractivity contribution in [2.24, 2.45) is 0 Å². The van der Waals surface area contributed by atoms with E-state index in [-0.39, 0.29) is 0 Å². The molecule has 1 nitrogen and oxygen atoms in total. The molecule has 2 rings (SSSR count). The second-order valence-electron chi connectivity index (χ2n) is 2.97. The Hall–Kier alpha value is -1.02. The summed E-state index contributed by atoms with van der Waals surface area (Å²) < 4.78 is 1.15. The molecule has 1 aromatic carbocycles. The van der Waals surface area contributed by atoms with E-state index in [1.807, 2.05) is 18.3 Å². The third kappa shape index (κ3) is 2.01. The largest absolute Gasteiger partial charge is 0.364 e. The molecule has 0 aliphatic rings. The maximum absolute atomic E-state index is 3.49. The molecule has 2 aromatic rings. The van der Waals surface area contributed by atoms with Crippen LogP contribution >= 0.6 is 15.9 Å². The van der Waals surface area contributed by atoms with Crippen LogP contribution in [0.5, 0.6) is 0 Å². The zero-order chi connectivity index (χ0) is 9.10. The second kappa shape index (κ2) is 3.79. The molecule has 1 heterocycles. The van der Waals surface area contributed by atoms with Gasteiger partial charge in [-0.25, -0.2) is 0 Å². The van der Waals surface area contributed by atoms with Crippen molar-refractivity contribution in [3.63, 3.8) is 0 Å². The van der Waals surface area contributed by atoms with E-state index in [0.717, 1.165) is 10.9 Å². The van der Waals surface area contributed by atoms with E-state index in [0.29, 0.717) is 0 Å². The normalized spacial score (nSPS) is 10.2. The Morgan fingerprint density at radius 2 is 1.85 bits per heavy atom. The Kier molecular flexibility index (Phi) is 2.50. The van der Waals surface area contributed by atoms with Crippen molar-refractivity contribution in [1.29, 1.82) is 0 Å². The molecule has 0 atom stereocenters. The number of nitrogens with one attached hydrogen (secondary N) is 1. The lowest BCUT2D eigenvalue weighted by molar-refractivity contribution is 1.10. The predicted molar refractivity (Wildman–Crippen MR) is 57.7 cm³/mol. The van der Waals surface area contributed by atoms with Gasteiger partial charge >= 0.3 is 0 Å². The third-order valence-corrected chi connectivity index (χ3v) is 2.74. The van der Waals surface area contributed by atoms with Crippen LogP contribution in [0.3, 0.4) is 0 Å². The van der Waals surface area contributed by atoms with E-state index in [1.165, 1.54) is 11.3 Å². The molecule has 13 heavy (non-hydrogen) atoms. The second-order valence-corrected chi connectivity index (χ2v) is 3.82. The molecule has 0 radical (unpaired) electrons. The number of halogens is 1. The molecule has 0 aliphatic heterocycles. The molecule has 1 N–H and O–H groups in total. The van der Waals surface area contributed by atoms with E-state index in [1.54, 1.807) is 0 Å². The fourth-order valence-electron chi connectivity index (χ4n) is 1.32. The number of aromatic amines is 1. The number of benzene rings is 1. The van der Waals surface area contributed by atoms with Crippen LogP contribution in [-0.4, -0.2) is 4.98 Å². The molecule has 0 bridgehead atoms. The number of rotatable bonds is 2. The SMILES string of the molecule is Brc1cc[nH]c1Cc1ccccc1. The van der Waals surface area contributed by atoms with Crippen LogP contribution in [0.25, 0.3) is 0 Å². The molecule has 0 saturated heterocycles. The van der Waals surface area contributed by atoms with Gasteiger partial charge in [-0.15, -0.1) is 0 Å². The van der Waals surface area contributed by atoms with Crippen molar-refractivity contribution < 1.29 is 0 Å². The summed E-state index contributed by atoms with van der Waals surface area (Å²) in [4.78, 5) is 3.21. The number of H-pyrrole nitrogens is 1. The molecule has 0 saturated carbocycles. The van der Waals surface area contributed by atoms with Crippen LogP contribution in [0.1, 0.15) is 11.3 Å². The average molecular weight is 236 g/mol. The summed E-state index contributed by atoms with van der Waals surface area (Å²) in [6, 6.07) is 12.4. The minimum atomic E-state index is 0.953. The standard InChI is InChI=1S/C11H10BrN/c12-10-6-7-13-11(10)8-9-4-2-1-3-5-9/h1-7,13H,8H2. The first-order chi connectivity index (χ1) is 6.36. The Labute approximate surface area is 85.9 Å². The van der Waals surface area contributed by atoms with Gasteiger partial charge in [0.1, 0.15) is 0 Å². The Morgan fingerprint density at radius 1 is 1.08 bits per heavy atom. The predicted octanol–water partition coefficient (Wildman–Crippen LogP) is 3.37. The first-order valence-corrected chi connectivity index (χ1v) is 5.01. The first kappa shape index (κ1) is 8.57. The zero-order valence-electron chi connectivity index (χ0n) is 7.13. The van der Waals surface area contributed by atoms with E-state index < -0.39 is 0 Å². The van der Waals surface area contributed by atoms with Crippen LogP contribution in [0, 0.1) is 0 Å². The van der Waals surface area contributed by atoms with E-state index in [9.17, 15) is 0 Å². The molecular formula is C11H10BrN. The maximum atomic E-state index is 3.49. The summed E-state index contributed by atoms with van der Waals surface area (Å²) in [6.45, 7) is 0. The lowest BCUT2D eigenvalue weighted by Gasteiger charge is -1.99. The molecule has 0 amide bonds. The highest BCUT2D eigenvalue weighted by atomic mass is 79.9. The monoisotopic (exact) mass is 235 g/mol. The van der Waals surface area contributed by atoms with Crippen LogP contribution in [0.2, 0.25) is 0 Å². The molecule has 1 aromatic heterocycles. The van der Waals surface area contributed by atoms with Gasteiger partial charge in [-0.05, 0) is 27.6 Å². The van der Waals surface area contributed by atoms with Crippen LogP contribution < -0.4 is 0 Å². The Morgan fingerprint density at radius 3 is 2.46 bits per heavy atom. The van der Waals surface area contributed by atoms with Crippen LogP contribution in [0.4, 0.5) is 0 Å². The summed E-state index contributed by atoms with van der Waals surface area (Å²) >= 11 is 3.49. The third-order valence-electron chi connectivity index (χ3n) is 2.00. The van der Waals surface area contributed by atoms with Gasteiger partial charge in [0, 0.05) is 22.8 Å². The zero-order valence-corrected chi connectivity index (χ0v) is 8.71. The average Bonchev–Trinajstić information content (AvgIpc) is 2.54. The van der Waals surface area contributed by atoms with Gasteiger partial charge in [-0.3, -0.25) is 0 Å². The van der Waals surface area contributed by atoms with Crippen molar-refractivity contribution in [3.05, 3.63) is 58.3 Å². The first-order valence-electron chi connectivity index (χ1n) is 4.22. The van der Waals surface area contributed by atoms with Crippen molar-refractivity contribution in [1.82, 2.24) is 4.98 Å². The summed E-state index contributed by atoms with van der Waals surface area (Å²) in [5, 5.41) is 0. The lowest BCUT2D eigenvalue weighted by atomic mass is 10.1. The molecule has 0 spiro atoms. The van der Waals surface area contributed by atoms with Crippen molar-refractivity contribution in [2.75, 3.05) is 0 Å². The summed E-state index contributed by atoms with van der Waals surface area (Å²) in [7, 11) is 0. The van der Waals surface area contributed by atoms with Crippen LogP contribution in [0.15, 0.2) is 47.1 Å². The minimum absolute atomic E-state index is 0.953. The Balaban J connectivity index is 2.20. The van der Waals surface area contributed by atoms with Crippen molar-refractivity contribution >= 4 is 15.9 Å². The molecule has 0 unspecified atom stereocenters. The highest BCUT2D eigenvalue weighted by molar-refractivity contribution is 9.10. The van der Waals surface area contributed by atoms with E-state index >= 15 is 0 Å². The highest BCUT2D eigenvalue weighted by Gasteiger charge is 2.00. The number of hydrogen-bond acceptors (Lipinski definition) is 0. The van der Waals surface area contributed by atoms with Gasteiger partial charge in [0.05, 0.1) is 0 Å². The van der Waals surface area contributed by atoms with E-state index in [2.05, 4.69) is 45.2 Å². The highest BCUT2D eigenvalue weighted by Crippen LogP contribution is 2.17. The summed E-state index contributed by atoms with van der Waals surface area (Å²) in [5.74, 6) is 0. The van der Waals surface area contributed by atoms with Gasteiger partial charge < -0.3 is 4.98 Å². The molecular weight excluding hydrogens is 226 g/mol. The minimum Gasteiger partial charge on any atom is -0.364 e. The fraction of sp³-hybridized carbons (Fsp3) is 0.0909. The van der Waals surface area contributed by atoms with Crippen molar-refractivity contribution in [3.8, 4) is 0 Å². The topological polar surface area (TPSA) is 15.8 Å². The van der Waals surface area contributed by atoms with Gasteiger partial charge in [0.15, 0.2) is 0 Å². The Bertz CT molecular complexity index is 378. The molecule has 0 fully saturated rings. The summed E-state index contributed by atoms with van der Waals surface area (Å²) in [6.07, 6.45) is 2.90. The van der Waals surface area contributed by atoms with Gasteiger partial charge in [0.2, 0.25) is 0 Å². The van der Waals surface area contributed by atoms with E-state index in [4.69, 9.17) is 0 Å². The lowest BCUT2D eigenvalue weighted by Crippen LogP contribution is -1.87. The quantitative estimate of drug-likeness (QED) is 0.822. The number of aromatic nitrogens is 1. The number of hydrogen-bond donors (Lipinski definition) is 1. The van der Waals surface area contributed by atoms with Crippen molar-refractivity contribution in [2.45, 2.75) is 6.42 Å². The smallest absolute Gasteiger partial charge is 0.0385 e. The molecule has 0 aliphatic carbocycles. The fourth-order valence-corrected chi connectivity index (χ4v) is 1.71. The van der Waals surface area contributed by atoms with Gasteiger partial charge in [-0.1, -0.05) is 30.3 Å². The maximum Gasteiger partial charge on any atom is 0.0385 e.